The Labute approximate surface area is 195 Å². The molecule has 0 aromatic heterocycles. The van der Waals surface area contributed by atoms with Gasteiger partial charge in [0.05, 0.1) is 18.8 Å². The summed E-state index contributed by atoms with van der Waals surface area (Å²) in [5.41, 5.74) is 4.17. The summed E-state index contributed by atoms with van der Waals surface area (Å²) in [5, 5.41) is 3.20. The van der Waals surface area contributed by atoms with E-state index in [-0.39, 0.29) is 17.4 Å². The van der Waals surface area contributed by atoms with Crippen LogP contribution >= 0.6 is 0 Å². The number of hydrogen-bond donors (Lipinski definition) is 1. The van der Waals surface area contributed by atoms with Crippen LogP contribution in [0.25, 0.3) is 0 Å². The largest absolute Gasteiger partial charge is 0.497 e. The lowest BCUT2D eigenvalue weighted by Crippen LogP contribution is -2.65. The van der Waals surface area contributed by atoms with Crippen LogP contribution in [0.3, 0.4) is 0 Å². The first-order valence-corrected chi connectivity index (χ1v) is 12.2. The standard InChI is InChI=1S/C28H32N2O3/c1-18-24(29-27(31)20-6-4-3-5-7-20)16-28-12-13-30(17-19-8-9-19)25(26(28)33-18)14-21-10-11-22(32-2)15-23(21)28/h3-7,10-11,15,19,25-26H,8-9,12-14,16-17H2,1-2H3,(H,29,31)/t25-,26?,28-/m1/s1. The SMILES string of the molecule is COc1ccc2c(c1)[C@]13CCN(CC4CC4)[C@H](C2)C1OC(C)=C(NC(=O)c1ccccc1)C3. The molecule has 33 heavy (non-hydrogen) atoms. The topological polar surface area (TPSA) is 50.8 Å². The summed E-state index contributed by atoms with van der Waals surface area (Å²) in [6.45, 7) is 4.28. The van der Waals surface area contributed by atoms with Gasteiger partial charge >= 0.3 is 0 Å². The Morgan fingerprint density at radius 3 is 2.79 bits per heavy atom. The molecule has 0 spiro atoms. The maximum atomic E-state index is 13.0. The van der Waals surface area contributed by atoms with E-state index in [2.05, 4.69) is 28.4 Å². The lowest BCUT2D eigenvalue weighted by molar-refractivity contribution is -0.0880. The van der Waals surface area contributed by atoms with Gasteiger partial charge in [-0.15, -0.1) is 0 Å². The summed E-state index contributed by atoms with van der Waals surface area (Å²) in [6, 6.07) is 16.3. The van der Waals surface area contributed by atoms with Crippen LogP contribution in [-0.2, 0) is 16.6 Å². The van der Waals surface area contributed by atoms with Gasteiger partial charge in [0.2, 0.25) is 0 Å². The molecule has 1 saturated heterocycles. The van der Waals surface area contributed by atoms with Crippen LogP contribution in [0.4, 0.5) is 0 Å². The quantitative estimate of drug-likeness (QED) is 0.742. The summed E-state index contributed by atoms with van der Waals surface area (Å²) in [4.78, 5) is 15.7. The van der Waals surface area contributed by atoms with Crippen molar-refractivity contribution in [2.45, 2.75) is 56.6 Å². The van der Waals surface area contributed by atoms with Crippen molar-refractivity contribution in [1.29, 1.82) is 0 Å². The molecule has 0 radical (unpaired) electrons. The number of nitrogens with zero attached hydrogens (tertiary/aromatic N) is 1. The molecule has 1 N–H and O–H groups in total. The number of benzene rings is 2. The van der Waals surface area contributed by atoms with Crippen molar-refractivity contribution in [3.8, 4) is 5.75 Å². The van der Waals surface area contributed by atoms with E-state index in [1.807, 2.05) is 37.3 Å². The third-order valence-corrected chi connectivity index (χ3v) is 8.20. The number of carbonyl (C=O) groups is 1. The van der Waals surface area contributed by atoms with E-state index in [9.17, 15) is 4.79 Å². The molecule has 4 aliphatic rings. The first-order valence-electron chi connectivity index (χ1n) is 12.2. The molecule has 2 heterocycles. The molecule has 2 aromatic carbocycles. The monoisotopic (exact) mass is 444 g/mol. The maximum absolute atomic E-state index is 13.0. The molecule has 1 unspecified atom stereocenters. The highest BCUT2D eigenvalue weighted by atomic mass is 16.5. The van der Waals surface area contributed by atoms with E-state index in [4.69, 9.17) is 9.47 Å². The van der Waals surface area contributed by atoms with E-state index in [1.54, 1.807) is 7.11 Å². The van der Waals surface area contributed by atoms with E-state index in [0.717, 1.165) is 48.9 Å². The normalized spacial score (nSPS) is 28.4. The van der Waals surface area contributed by atoms with Crippen LogP contribution in [0.5, 0.6) is 5.75 Å². The van der Waals surface area contributed by atoms with Crippen molar-refractivity contribution in [1.82, 2.24) is 10.2 Å². The lowest BCUT2D eigenvalue weighted by Gasteiger charge is -2.58. The van der Waals surface area contributed by atoms with Crippen molar-refractivity contribution in [3.05, 3.63) is 76.7 Å². The molecule has 5 nitrogen and oxygen atoms in total. The second kappa shape index (κ2) is 7.91. The van der Waals surface area contributed by atoms with Gasteiger partial charge in [0.25, 0.3) is 5.91 Å². The van der Waals surface area contributed by atoms with Crippen LogP contribution in [-0.4, -0.2) is 43.2 Å². The summed E-state index contributed by atoms with van der Waals surface area (Å²) in [5.74, 6) is 2.52. The van der Waals surface area contributed by atoms with E-state index in [0.29, 0.717) is 11.6 Å². The molecule has 5 heteroatoms. The zero-order valence-electron chi connectivity index (χ0n) is 19.5. The summed E-state index contributed by atoms with van der Waals surface area (Å²) < 4.78 is 12.4. The number of ether oxygens (including phenoxy) is 2. The number of methoxy groups -OCH3 is 1. The minimum absolute atomic E-state index is 0.0761. The van der Waals surface area contributed by atoms with Gasteiger partial charge < -0.3 is 14.8 Å². The third kappa shape index (κ3) is 3.54. The highest BCUT2D eigenvalue weighted by molar-refractivity contribution is 5.95. The van der Waals surface area contributed by atoms with Crippen molar-refractivity contribution < 1.29 is 14.3 Å². The number of hydrogen-bond acceptors (Lipinski definition) is 4. The predicted molar refractivity (Wildman–Crippen MR) is 127 cm³/mol. The number of amides is 1. The summed E-state index contributed by atoms with van der Waals surface area (Å²) in [7, 11) is 1.73. The van der Waals surface area contributed by atoms with Crippen molar-refractivity contribution in [2.75, 3.05) is 20.2 Å². The van der Waals surface area contributed by atoms with Crippen molar-refractivity contribution in [3.63, 3.8) is 0 Å². The Kier molecular flexibility index (Phi) is 4.98. The van der Waals surface area contributed by atoms with Crippen LogP contribution in [0.15, 0.2) is 60.0 Å². The van der Waals surface area contributed by atoms with Gasteiger partial charge in [0.15, 0.2) is 0 Å². The highest BCUT2D eigenvalue weighted by Gasteiger charge is 2.57. The zero-order chi connectivity index (χ0) is 22.6. The molecule has 2 aromatic rings. The van der Waals surface area contributed by atoms with Gasteiger partial charge in [-0.3, -0.25) is 9.69 Å². The van der Waals surface area contributed by atoms with Crippen molar-refractivity contribution >= 4 is 5.91 Å². The van der Waals surface area contributed by atoms with Crippen LogP contribution in [0.1, 0.15) is 54.1 Å². The number of allylic oxidation sites excluding steroid dienone is 2. The molecule has 1 saturated carbocycles. The second-order valence-corrected chi connectivity index (χ2v) is 10.2. The minimum atomic E-state index is -0.147. The molecule has 3 atom stereocenters. The maximum Gasteiger partial charge on any atom is 0.255 e. The number of piperidine rings is 1. The Morgan fingerprint density at radius 1 is 1.21 bits per heavy atom. The molecular formula is C28H32N2O3. The first kappa shape index (κ1) is 20.8. The van der Waals surface area contributed by atoms with Crippen LogP contribution in [0.2, 0.25) is 0 Å². The molecule has 2 aliphatic carbocycles. The predicted octanol–water partition coefficient (Wildman–Crippen LogP) is 4.42. The molecule has 1 amide bonds. The van der Waals surface area contributed by atoms with Gasteiger partial charge in [-0.25, -0.2) is 0 Å². The van der Waals surface area contributed by atoms with Crippen LogP contribution < -0.4 is 10.1 Å². The first-order chi connectivity index (χ1) is 16.1. The van der Waals surface area contributed by atoms with E-state index >= 15 is 0 Å². The number of rotatable bonds is 5. The molecule has 2 aliphatic heterocycles. The average molecular weight is 445 g/mol. The number of fused-ring (bicyclic) bond motifs is 1. The van der Waals surface area contributed by atoms with Crippen LogP contribution in [0, 0.1) is 5.92 Å². The number of likely N-dealkylation sites (tertiary alicyclic amines) is 1. The molecule has 172 valence electrons. The van der Waals surface area contributed by atoms with Gasteiger partial charge in [0.1, 0.15) is 17.6 Å². The third-order valence-electron chi connectivity index (χ3n) is 8.20. The van der Waals surface area contributed by atoms with E-state index in [1.165, 1.54) is 30.5 Å². The van der Waals surface area contributed by atoms with Gasteiger partial charge in [-0.2, -0.15) is 0 Å². The number of carbonyl (C=O) groups excluding carboxylic acids is 1. The molecule has 6 rings (SSSR count). The fourth-order valence-corrected chi connectivity index (χ4v) is 6.25. The summed E-state index contributed by atoms with van der Waals surface area (Å²) >= 11 is 0. The minimum Gasteiger partial charge on any atom is -0.497 e. The molecule has 2 bridgehead atoms. The number of nitrogens with one attached hydrogen (secondary N) is 1. The fourth-order valence-electron chi connectivity index (χ4n) is 6.25. The Morgan fingerprint density at radius 2 is 2.03 bits per heavy atom. The van der Waals surface area contributed by atoms with Crippen molar-refractivity contribution in [2.24, 2.45) is 5.92 Å². The van der Waals surface area contributed by atoms with Gasteiger partial charge in [-0.1, -0.05) is 24.3 Å². The Balaban J connectivity index is 1.38. The smallest absolute Gasteiger partial charge is 0.255 e. The second-order valence-electron chi connectivity index (χ2n) is 10.2. The zero-order valence-corrected chi connectivity index (χ0v) is 19.5. The van der Waals surface area contributed by atoms with E-state index < -0.39 is 0 Å². The summed E-state index contributed by atoms with van der Waals surface area (Å²) in [6.07, 6.45) is 5.65. The Bertz CT molecular complexity index is 1110. The molecular weight excluding hydrogens is 412 g/mol. The Hall–Kier alpha value is -2.79. The average Bonchev–Trinajstić information content (AvgIpc) is 3.66. The van der Waals surface area contributed by atoms with Gasteiger partial charge in [0, 0.05) is 23.9 Å². The fraction of sp³-hybridized carbons (Fsp3) is 0.464. The highest BCUT2D eigenvalue weighted by Crippen LogP contribution is 2.54. The van der Waals surface area contributed by atoms with Gasteiger partial charge in [-0.05, 0) is 80.5 Å². The lowest BCUT2D eigenvalue weighted by atomic mass is 9.59. The molecule has 2 fully saturated rings.